The molecule has 1 unspecified atom stereocenters. The molecule has 1 rings (SSSR count). The molecule has 0 amide bonds. The fraction of sp³-hybridized carbons (Fsp3) is 0.929. The molecule has 0 aliphatic carbocycles. The zero-order chi connectivity index (χ0) is 12.9. The summed E-state index contributed by atoms with van der Waals surface area (Å²) < 4.78 is 0. The molecule has 0 aromatic heterocycles. The lowest BCUT2D eigenvalue weighted by Gasteiger charge is -2.27. The number of rotatable bonds is 6. The predicted molar refractivity (Wildman–Crippen MR) is 79.9 cm³/mol. The number of hydrogen-bond donors (Lipinski definition) is 1. The fourth-order valence-electron chi connectivity index (χ4n) is 2.50. The Morgan fingerprint density at radius 3 is 2.53 bits per heavy atom. The van der Waals surface area contributed by atoms with Crippen LogP contribution >= 0.6 is 11.8 Å². The highest BCUT2D eigenvalue weighted by molar-refractivity contribution is 8.14. The minimum Gasteiger partial charge on any atom is -0.360 e. The van der Waals surface area contributed by atoms with Gasteiger partial charge < -0.3 is 5.32 Å². The quantitative estimate of drug-likeness (QED) is 0.775. The lowest BCUT2D eigenvalue weighted by Crippen LogP contribution is -2.41. The Bertz CT molecular complexity index is 257. The fourth-order valence-corrected chi connectivity index (χ4v) is 3.99. The average molecular weight is 256 g/mol. The maximum Gasteiger partial charge on any atom is 0.157 e. The molecule has 0 fully saturated rings. The molecule has 2 nitrogen and oxygen atoms in total. The number of amidine groups is 1. The minimum absolute atomic E-state index is 0.184. The van der Waals surface area contributed by atoms with Gasteiger partial charge in [0.1, 0.15) is 0 Å². The second-order valence-corrected chi connectivity index (χ2v) is 6.87. The van der Waals surface area contributed by atoms with Gasteiger partial charge in [-0.25, -0.2) is 0 Å². The molecule has 1 aliphatic rings. The molecule has 1 aliphatic heterocycles. The summed E-state index contributed by atoms with van der Waals surface area (Å²) in [4.78, 5) is 4.67. The van der Waals surface area contributed by atoms with Crippen LogP contribution in [-0.4, -0.2) is 22.5 Å². The summed E-state index contributed by atoms with van der Waals surface area (Å²) in [7, 11) is 0. The van der Waals surface area contributed by atoms with E-state index in [9.17, 15) is 0 Å². The molecule has 1 heterocycles. The van der Waals surface area contributed by atoms with Crippen LogP contribution in [0.2, 0.25) is 0 Å². The van der Waals surface area contributed by atoms with Crippen molar-refractivity contribution in [2.45, 2.75) is 71.1 Å². The lowest BCUT2D eigenvalue weighted by atomic mass is 9.99. The van der Waals surface area contributed by atoms with Gasteiger partial charge in [-0.3, -0.25) is 4.99 Å². The molecule has 0 radical (unpaired) electrons. The van der Waals surface area contributed by atoms with Crippen molar-refractivity contribution < 1.29 is 0 Å². The van der Waals surface area contributed by atoms with Crippen LogP contribution in [0.5, 0.6) is 0 Å². The molecule has 0 saturated carbocycles. The van der Waals surface area contributed by atoms with E-state index in [-0.39, 0.29) is 5.54 Å². The second kappa shape index (κ2) is 6.67. The van der Waals surface area contributed by atoms with Gasteiger partial charge in [0, 0.05) is 10.8 Å². The number of hydrogen-bond acceptors (Lipinski definition) is 3. The Balaban J connectivity index is 2.44. The van der Waals surface area contributed by atoms with Crippen LogP contribution in [0.15, 0.2) is 4.99 Å². The van der Waals surface area contributed by atoms with E-state index >= 15 is 0 Å². The van der Waals surface area contributed by atoms with Crippen molar-refractivity contribution in [1.82, 2.24) is 5.32 Å². The van der Waals surface area contributed by atoms with Gasteiger partial charge in [-0.2, -0.15) is 0 Å². The van der Waals surface area contributed by atoms with Crippen molar-refractivity contribution in [2.24, 2.45) is 10.9 Å². The molecule has 0 bridgehead atoms. The third-order valence-corrected chi connectivity index (χ3v) is 4.86. The third-order valence-electron chi connectivity index (χ3n) is 3.57. The molecule has 0 aromatic rings. The summed E-state index contributed by atoms with van der Waals surface area (Å²) in [5.74, 6) is 0.817. The van der Waals surface area contributed by atoms with E-state index in [1.165, 1.54) is 30.9 Å². The van der Waals surface area contributed by atoms with E-state index in [1.807, 2.05) is 11.8 Å². The highest BCUT2D eigenvalue weighted by atomic mass is 32.2. The Labute approximate surface area is 111 Å². The van der Waals surface area contributed by atoms with Crippen LogP contribution in [0, 0.1) is 5.92 Å². The summed E-state index contributed by atoms with van der Waals surface area (Å²) in [6.45, 7) is 12.4. The Morgan fingerprint density at radius 1 is 1.35 bits per heavy atom. The van der Waals surface area contributed by atoms with E-state index in [0.717, 1.165) is 12.5 Å². The van der Waals surface area contributed by atoms with E-state index in [2.05, 4.69) is 44.9 Å². The smallest absolute Gasteiger partial charge is 0.157 e. The van der Waals surface area contributed by atoms with Gasteiger partial charge in [0.2, 0.25) is 0 Å². The van der Waals surface area contributed by atoms with Crippen LogP contribution in [0.4, 0.5) is 0 Å². The first-order valence-corrected chi connectivity index (χ1v) is 7.89. The van der Waals surface area contributed by atoms with Gasteiger partial charge in [-0.15, -0.1) is 0 Å². The number of thioether (sulfide) groups is 1. The molecule has 1 atom stereocenters. The van der Waals surface area contributed by atoms with Gasteiger partial charge in [-0.1, -0.05) is 51.8 Å². The van der Waals surface area contributed by atoms with Crippen molar-refractivity contribution >= 4 is 16.9 Å². The second-order valence-electron chi connectivity index (χ2n) is 5.64. The van der Waals surface area contributed by atoms with E-state index in [0.29, 0.717) is 5.25 Å². The molecular formula is C14H28N2S. The molecule has 100 valence electrons. The molecular weight excluding hydrogens is 228 g/mol. The minimum atomic E-state index is 0.184. The Kier molecular flexibility index (Phi) is 5.84. The standard InChI is InChI=1S/C14H28N2S/c1-6-9-14(4,5)16-13-15-10-12(17-13)11(7-2)8-3/h11-12H,6-10H2,1-5H3,(H,15,16). The zero-order valence-corrected chi connectivity index (χ0v) is 12.9. The summed E-state index contributed by atoms with van der Waals surface area (Å²) in [6.07, 6.45) is 4.96. The van der Waals surface area contributed by atoms with E-state index in [1.54, 1.807) is 0 Å². The lowest BCUT2D eigenvalue weighted by molar-refractivity contribution is 0.423. The summed E-state index contributed by atoms with van der Waals surface area (Å²) >= 11 is 1.96. The van der Waals surface area contributed by atoms with E-state index in [4.69, 9.17) is 0 Å². The number of nitrogens with zero attached hydrogens (tertiary/aromatic N) is 1. The highest BCUT2D eigenvalue weighted by Crippen LogP contribution is 2.31. The summed E-state index contributed by atoms with van der Waals surface area (Å²) in [5, 5.41) is 5.47. The SMILES string of the molecule is CCCC(C)(C)NC1=NCC(C(CC)CC)S1. The largest absolute Gasteiger partial charge is 0.360 e. The summed E-state index contributed by atoms with van der Waals surface area (Å²) in [5.41, 5.74) is 0.184. The maximum atomic E-state index is 4.67. The zero-order valence-electron chi connectivity index (χ0n) is 12.0. The van der Waals surface area contributed by atoms with Gasteiger partial charge in [0.25, 0.3) is 0 Å². The maximum absolute atomic E-state index is 4.67. The Hall–Kier alpha value is -0.180. The molecule has 3 heteroatoms. The molecule has 0 spiro atoms. The third kappa shape index (κ3) is 4.53. The van der Waals surface area contributed by atoms with Crippen LogP contribution < -0.4 is 5.32 Å². The number of aliphatic imine (C=N–C) groups is 1. The van der Waals surface area contributed by atoms with Gasteiger partial charge >= 0.3 is 0 Å². The van der Waals surface area contributed by atoms with Crippen molar-refractivity contribution in [1.29, 1.82) is 0 Å². The molecule has 0 saturated heterocycles. The first-order chi connectivity index (χ1) is 8.02. The molecule has 0 aromatic carbocycles. The van der Waals surface area contributed by atoms with Gasteiger partial charge in [0.05, 0.1) is 6.54 Å². The number of nitrogens with one attached hydrogen (secondary N) is 1. The average Bonchev–Trinajstić information content (AvgIpc) is 2.67. The van der Waals surface area contributed by atoms with Crippen molar-refractivity contribution in [3.63, 3.8) is 0 Å². The van der Waals surface area contributed by atoms with Crippen LogP contribution in [0.1, 0.15) is 60.3 Å². The normalized spacial score (nSPS) is 20.8. The van der Waals surface area contributed by atoms with Crippen molar-refractivity contribution in [3.8, 4) is 0 Å². The molecule has 1 N–H and O–H groups in total. The first-order valence-electron chi connectivity index (χ1n) is 7.01. The first kappa shape index (κ1) is 14.9. The predicted octanol–water partition coefficient (Wildman–Crippen LogP) is 4.06. The monoisotopic (exact) mass is 256 g/mol. The van der Waals surface area contributed by atoms with E-state index < -0.39 is 0 Å². The van der Waals surface area contributed by atoms with Gasteiger partial charge in [0.15, 0.2) is 5.17 Å². The summed E-state index contributed by atoms with van der Waals surface area (Å²) in [6, 6.07) is 0. The highest BCUT2D eigenvalue weighted by Gasteiger charge is 2.28. The van der Waals surface area contributed by atoms with Gasteiger partial charge in [-0.05, 0) is 26.2 Å². The Morgan fingerprint density at radius 2 is 2.00 bits per heavy atom. The van der Waals surface area contributed by atoms with Crippen LogP contribution in [-0.2, 0) is 0 Å². The van der Waals surface area contributed by atoms with Crippen molar-refractivity contribution in [3.05, 3.63) is 0 Å². The van der Waals surface area contributed by atoms with Crippen LogP contribution in [0.25, 0.3) is 0 Å². The topological polar surface area (TPSA) is 24.4 Å². The van der Waals surface area contributed by atoms with Crippen LogP contribution in [0.3, 0.4) is 0 Å². The van der Waals surface area contributed by atoms with Crippen molar-refractivity contribution in [2.75, 3.05) is 6.54 Å². The molecule has 17 heavy (non-hydrogen) atoms.